The molecule has 0 aliphatic carbocycles. The van der Waals surface area contributed by atoms with Crippen LogP contribution in [-0.4, -0.2) is 37.2 Å². The zero-order valence-corrected chi connectivity index (χ0v) is 42.9. The lowest BCUT2D eigenvalue weighted by Crippen LogP contribution is -2.30. The molecule has 0 saturated carbocycles. The number of esters is 3. The standard InChI is InChI=1S/C61H96O6/c1-4-7-10-13-16-19-22-25-28-29-30-31-34-36-39-42-45-48-51-54-60(63)66-57-58(67-61(64)55-52-49-46-43-40-37-33-27-24-21-18-15-12-9-6-3)56-65-59(62)53-50-47-44-41-38-35-32-26-23-20-17-14-11-8-5-2/h9,12,16-21,25-28,30-33,36,38-39,41,45,48,58H,4-8,10-11,13-15,22-24,29,34-35,37,40,42-44,46-47,49-57H2,1-3H3/b12-9-,19-16-,20-17-,21-18-,28-25-,31-30-,32-26-,33-27-,39-36-,41-38-,48-45-/t58-/m0/s1. The number of rotatable bonds is 46. The van der Waals surface area contributed by atoms with Crippen molar-refractivity contribution in [3.8, 4) is 0 Å². The van der Waals surface area contributed by atoms with Crippen LogP contribution in [0.1, 0.15) is 213 Å². The minimum atomic E-state index is -0.838. The molecular formula is C61H96O6. The average Bonchev–Trinajstić information content (AvgIpc) is 3.33. The predicted octanol–water partition coefficient (Wildman–Crippen LogP) is 17.9. The van der Waals surface area contributed by atoms with E-state index in [0.717, 1.165) is 109 Å². The van der Waals surface area contributed by atoms with Gasteiger partial charge >= 0.3 is 17.9 Å². The Morgan fingerprint density at radius 1 is 0.313 bits per heavy atom. The minimum absolute atomic E-state index is 0.133. The van der Waals surface area contributed by atoms with Crippen LogP contribution in [0.15, 0.2) is 134 Å². The Labute approximate surface area is 411 Å². The fraction of sp³-hybridized carbons (Fsp3) is 0.590. The summed E-state index contributed by atoms with van der Waals surface area (Å²) in [5, 5.41) is 0. The van der Waals surface area contributed by atoms with Crippen molar-refractivity contribution < 1.29 is 28.6 Å². The maximum Gasteiger partial charge on any atom is 0.306 e. The highest BCUT2D eigenvalue weighted by atomic mass is 16.6. The Morgan fingerprint density at radius 3 is 1.03 bits per heavy atom. The fourth-order valence-corrected chi connectivity index (χ4v) is 6.62. The Kier molecular flexibility index (Phi) is 50.6. The van der Waals surface area contributed by atoms with Crippen molar-refractivity contribution in [3.05, 3.63) is 134 Å². The van der Waals surface area contributed by atoms with Crippen LogP contribution in [0.5, 0.6) is 0 Å². The van der Waals surface area contributed by atoms with E-state index in [0.29, 0.717) is 12.8 Å². The average molecular weight is 925 g/mol. The van der Waals surface area contributed by atoms with E-state index in [2.05, 4.69) is 142 Å². The summed E-state index contributed by atoms with van der Waals surface area (Å²) >= 11 is 0. The van der Waals surface area contributed by atoms with Crippen LogP contribution in [0.4, 0.5) is 0 Å². The lowest BCUT2D eigenvalue weighted by atomic mass is 10.1. The molecule has 6 nitrogen and oxygen atoms in total. The summed E-state index contributed by atoms with van der Waals surface area (Å²) in [6.45, 7) is 6.34. The van der Waals surface area contributed by atoms with Crippen LogP contribution in [0, 0.1) is 0 Å². The third-order valence-corrected chi connectivity index (χ3v) is 10.6. The maximum absolute atomic E-state index is 12.8. The number of hydrogen-bond acceptors (Lipinski definition) is 6. The molecule has 0 unspecified atom stereocenters. The molecule has 0 aromatic rings. The second-order valence-corrected chi connectivity index (χ2v) is 17.0. The summed E-state index contributed by atoms with van der Waals surface area (Å²) in [6, 6.07) is 0. The van der Waals surface area contributed by atoms with Gasteiger partial charge in [-0.05, 0) is 128 Å². The van der Waals surface area contributed by atoms with E-state index in [1.165, 1.54) is 51.4 Å². The summed E-state index contributed by atoms with van der Waals surface area (Å²) in [5.41, 5.74) is 0. The second kappa shape index (κ2) is 54.2. The first kappa shape index (κ1) is 62.5. The van der Waals surface area contributed by atoms with Gasteiger partial charge in [-0.2, -0.15) is 0 Å². The van der Waals surface area contributed by atoms with Crippen molar-refractivity contribution in [1.82, 2.24) is 0 Å². The first-order valence-electron chi connectivity index (χ1n) is 26.7. The lowest BCUT2D eigenvalue weighted by molar-refractivity contribution is -0.166. The molecule has 0 rings (SSSR count). The van der Waals surface area contributed by atoms with E-state index in [-0.39, 0.29) is 50.4 Å². The number of carbonyl (C=O) groups is 3. The zero-order valence-electron chi connectivity index (χ0n) is 42.9. The summed E-state index contributed by atoms with van der Waals surface area (Å²) < 4.78 is 16.7. The van der Waals surface area contributed by atoms with Gasteiger partial charge in [-0.25, -0.2) is 0 Å². The first-order chi connectivity index (χ1) is 33.0. The molecule has 0 radical (unpaired) electrons. The van der Waals surface area contributed by atoms with E-state index in [1.807, 2.05) is 12.2 Å². The molecule has 0 N–H and O–H groups in total. The molecule has 6 heteroatoms. The van der Waals surface area contributed by atoms with Crippen LogP contribution < -0.4 is 0 Å². The first-order valence-corrected chi connectivity index (χ1v) is 26.7. The van der Waals surface area contributed by atoms with Crippen LogP contribution in [-0.2, 0) is 28.6 Å². The Hall–Kier alpha value is -4.45. The monoisotopic (exact) mass is 925 g/mol. The predicted molar refractivity (Wildman–Crippen MR) is 288 cm³/mol. The highest BCUT2D eigenvalue weighted by Crippen LogP contribution is 2.11. The van der Waals surface area contributed by atoms with Crippen LogP contribution in [0.25, 0.3) is 0 Å². The van der Waals surface area contributed by atoms with Crippen molar-refractivity contribution >= 4 is 17.9 Å². The van der Waals surface area contributed by atoms with Gasteiger partial charge in [0.05, 0.1) is 0 Å². The molecule has 0 aromatic heterocycles. The molecule has 1 atom stereocenters. The van der Waals surface area contributed by atoms with Gasteiger partial charge in [0.1, 0.15) is 13.2 Å². The highest BCUT2D eigenvalue weighted by molar-refractivity contribution is 5.71. The molecule has 0 saturated heterocycles. The minimum Gasteiger partial charge on any atom is -0.462 e. The van der Waals surface area contributed by atoms with Crippen LogP contribution >= 0.6 is 0 Å². The van der Waals surface area contributed by atoms with E-state index < -0.39 is 6.10 Å². The van der Waals surface area contributed by atoms with E-state index >= 15 is 0 Å². The number of unbranched alkanes of at least 4 members (excludes halogenated alkanes) is 13. The normalized spacial score (nSPS) is 13.2. The molecule has 0 spiro atoms. The molecule has 0 amide bonds. The van der Waals surface area contributed by atoms with E-state index in [1.54, 1.807) is 0 Å². The largest absolute Gasteiger partial charge is 0.462 e. The van der Waals surface area contributed by atoms with Crippen LogP contribution in [0.2, 0.25) is 0 Å². The summed E-state index contributed by atoms with van der Waals surface area (Å²) in [6.07, 6.45) is 75.9. The lowest BCUT2D eigenvalue weighted by Gasteiger charge is -2.18. The molecule has 0 fully saturated rings. The van der Waals surface area contributed by atoms with Gasteiger partial charge in [-0.15, -0.1) is 0 Å². The second-order valence-electron chi connectivity index (χ2n) is 17.0. The SMILES string of the molecule is CC/C=C\C/C=C\C/C=C\CCCCCCCC(=O)O[C@H](COC(=O)CC/C=C\C/C=C\C/C=C\C/C=C\C/C=C\CCCCC)COC(=O)CCCC/C=C\C/C=C\C/C=C\CCCCC. The van der Waals surface area contributed by atoms with Crippen molar-refractivity contribution in [1.29, 1.82) is 0 Å². The third-order valence-electron chi connectivity index (χ3n) is 10.6. The molecule has 67 heavy (non-hydrogen) atoms. The van der Waals surface area contributed by atoms with Crippen molar-refractivity contribution in [3.63, 3.8) is 0 Å². The van der Waals surface area contributed by atoms with Crippen LogP contribution in [0.3, 0.4) is 0 Å². The Bertz CT molecular complexity index is 1480. The molecule has 0 heterocycles. The summed E-state index contributed by atoms with van der Waals surface area (Å²) in [5.74, 6) is -1.08. The summed E-state index contributed by atoms with van der Waals surface area (Å²) in [7, 11) is 0. The van der Waals surface area contributed by atoms with Crippen molar-refractivity contribution in [2.45, 2.75) is 219 Å². The zero-order chi connectivity index (χ0) is 48.6. The number of hydrogen-bond donors (Lipinski definition) is 0. The van der Waals surface area contributed by atoms with Crippen molar-refractivity contribution in [2.75, 3.05) is 13.2 Å². The molecule has 0 bridgehead atoms. The third kappa shape index (κ3) is 52.4. The maximum atomic E-state index is 12.8. The topological polar surface area (TPSA) is 78.9 Å². The van der Waals surface area contributed by atoms with Crippen molar-refractivity contribution in [2.24, 2.45) is 0 Å². The molecule has 0 aliphatic heterocycles. The van der Waals surface area contributed by atoms with Gasteiger partial charge in [0.15, 0.2) is 6.10 Å². The Balaban J connectivity index is 4.61. The quantitative estimate of drug-likeness (QED) is 0.0262. The summed E-state index contributed by atoms with van der Waals surface area (Å²) in [4.78, 5) is 38.0. The molecule has 0 aliphatic rings. The van der Waals surface area contributed by atoms with E-state index in [4.69, 9.17) is 14.2 Å². The highest BCUT2D eigenvalue weighted by Gasteiger charge is 2.19. The number of carbonyl (C=O) groups excluding carboxylic acids is 3. The fourth-order valence-electron chi connectivity index (χ4n) is 6.62. The van der Waals surface area contributed by atoms with Gasteiger partial charge in [0.25, 0.3) is 0 Å². The number of ether oxygens (including phenoxy) is 3. The van der Waals surface area contributed by atoms with Gasteiger partial charge in [-0.1, -0.05) is 199 Å². The van der Waals surface area contributed by atoms with E-state index in [9.17, 15) is 14.4 Å². The molecule has 376 valence electrons. The Morgan fingerprint density at radius 2 is 0.612 bits per heavy atom. The van der Waals surface area contributed by atoms with Gasteiger partial charge in [0, 0.05) is 19.3 Å². The van der Waals surface area contributed by atoms with Gasteiger partial charge in [-0.3, -0.25) is 14.4 Å². The van der Waals surface area contributed by atoms with Gasteiger partial charge in [0.2, 0.25) is 0 Å². The smallest absolute Gasteiger partial charge is 0.306 e. The molecular weight excluding hydrogens is 829 g/mol. The number of allylic oxidation sites excluding steroid dienone is 22. The van der Waals surface area contributed by atoms with Gasteiger partial charge < -0.3 is 14.2 Å². The molecule has 0 aromatic carbocycles.